The van der Waals surface area contributed by atoms with E-state index in [1.807, 2.05) is 0 Å². The summed E-state index contributed by atoms with van der Waals surface area (Å²) in [6.07, 6.45) is 3.93. The molecule has 0 bridgehead atoms. The molecule has 1 aliphatic heterocycles. The molecule has 2 nitrogen and oxygen atoms in total. The summed E-state index contributed by atoms with van der Waals surface area (Å²) < 4.78 is 0. The number of hydrogen-bond donors (Lipinski definition) is 1. The maximum absolute atomic E-state index is 3.60. The Balaban J connectivity index is 1.79. The van der Waals surface area contributed by atoms with E-state index in [-0.39, 0.29) is 0 Å². The van der Waals surface area contributed by atoms with Crippen LogP contribution in [0.4, 0.5) is 5.69 Å². The summed E-state index contributed by atoms with van der Waals surface area (Å²) in [5.41, 5.74) is 1.38. The van der Waals surface area contributed by atoms with Crippen molar-refractivity contribution in [2.45, 2.75) is 32.2 Å². The van der Waals surface area contributed by atoms with Gasteiger partial charge < -0.3 is 10.2 Å². The highest BCUT2D eigenvalue weighted by atomic mass is 15.1. The lowest BCUT2D eigenvalue weighted by atomic mass is 10.1. The van der Waals surface area contributed by atoms with Gasteiger partial charge in [-0.05, 0) is 44.2 Å². The van der Waals surface area contributed by atoms with E-state index >= 15 is 0 Å². The normalized spacial score (nSPS) is 18.6. The summed E-state index contributed by atoms with van der Waals surface area (Å²) in [4.78, 5) is 2.52. The minimum absolute atomic E-state index is 0.721. The van der Waals surface area contributed by atoms with Crippen molar-refractivity contribution >= 4 is 16.5 Å². The van der Waals surface area contributed by atoms with E-state index in [0.717, 1.165) is 19.1 Å². The molecule has 0 radical (unpaired) electrons. The zero-order chi connectivity index (χ0) is 13.8. The van der Waals surface area contributed by atoms with Crippen LogP contribution in [-0.2, 0) is 0 Å². The summed E-state index contributed by atoms with van der Waals surface area (Å²) in [7, 11) is 0. The number of hydrogen-bond acceptors (Lipinski definition) is 2. The molecule has 1 heterocycles. The van der Waals surface area contributed by atoms with E-state index in [1.54, 1.807) is 0 Å². The Morgan fingerprint density at radius 3 is 2.80 bits per heavy atom. The molecular weight excluding hydrogens is 244 g/mol. The highest BCUT2D eigenvalue weighted by Crippen LogP contribution is 2.27. The summed E-state index contributed by atoms with van der Waals surface area (Å²) in [6.45, 7) is 5.66. The Labute approximate surface area is 121 Å². The Bertz CT molecular complexity index is 553. The third kappa shape index (κ3) is 2.80. The van der Waals surface area contributed by atoms with Gasteiger partial charge in [0.05, 0.1) is 0 Å². The van der Waals surface area contributed by atoms with Gasteiger partial charge in [-0.25, -0.2) is 0 Å². The van der Waals surface area contributed by atoms with Crippen molar-refractivity contribution in [3.8, 4) is 0 Å². The number of benzene rings is 2. The van der Waals surface area contributed by atoms with Gasteiger partial charge >= 0.3 is 0 Å². The number of nitrogens with one attached hydrogen (secondary N) is 1. The molecule has 1 aliphatic rings. The molecule has 1 unspecified atom stereocenters. The van der Waals surface area contributed by atoms with E-state index in [1.165, 1.54) is 42.3 Å². The molecule has 3 rings (SSSR count). The number of anilines is 1. The van der Waals surface area contributed by atoms with Gasteiger partial charge in [-0.2, -0.15) is 0 Å². The van der Waals surface area contributed by atoms with Crippen molar-refractivity contribution in [2.24, 2.45) is 0 Å². The molecule has 0 saturated carbocycles. The first-order valence-corrected chi connectivity index (χ1v) is 7.84. The molecule has 1 atom stereocenters. The Kier molecular flexibility index (Phi) is 4.22. The molecule has 2 heteroatoms. The summed E-state index contributed by atoms with van der Waals surface area (Å²) in [5.74, 6) is 0. The monoisotopic (exact) mass is 268 g/mol. The van der Waals surface area contributed by atoms with Crippen LogP contribution in [0.3, 0.4) is 0 Å². The highest BCUT2D eigenvalue weighted by molar-refractivity contribution is 5.94. The molecule has 106 valence electrons. The first kappa shape index (κ1) is 13.4. The topological polar surface area (TPSA) is 15.3 Å². The fourth-order valence-electron chi connectivity index (χ4n) is 3.25. The predicted molar refractivity (Wildman–Crippen MR) is 87.5 cm³/mol. The molecule has 1 N–H and O–H groups in total. The van der Waals surface area contributed by atoms with Gasteiger partial charge in [0.2, 0.25) is 0 Å². The van der Waals surface area contributed by atoms with Crippen LogP contribution in [0.1, 0.15) is 26.2 Å². The second-order valence-corrected chi connectivity index (χ2v) is 5.66. The zero-order valence-electron chi connectivity index (χ0n) is 12.3. The summed E-state index contributed by atoms with van der Waals surface area (Å²) in [6, 6.07) is 16.0. The summed E-state index contributed by atoms with van der Waals surface area (Å²) >= 11 is 0. The van der Waals surface area contributed by atoms with Crippen LogP contribution in [0.2, 0.25) is 0 Å². The van der Waals surface area contributed by atoms with Crippen LogP contribution in [0.15, 0.2) is 42.5 Å². The largest absolute Gasteiger partial charge is 0.371 e. The molecule has 0 aliphatic carbocycles. The molecule has 2 aromatic carbocycles. The average Bonchev–Trinajstić information content (AvgIpc) is 3.01. The Hall–Kier alpha value is -1.54. The fourth-order valence-corrected chi connectivity index (χ4v) is 3.25. The zero-order valence-corrected chi connectivity index (χ0v) is 12.3. The first-order chi connectivity index (χ1) is 9.88. The molecule has 1 fully saturated rings. The molecular formula is C18H24N2. The molecule has 1 saturated heterocycles. The van der Waals surface area contributed by atoms with Gasteiger partial charge in [0, 0.05) is 30.2 Å². The van der Waals surface area contributed by atoms with Crippen LogP contribution in [0, 0.1) is 0 Å². The third-order valence-electron chi connectivity index (χ3n) is 4.40. The highest BCUT2D eigenvalue weighted by Gasteiger charge is 2.15. The van der Waals surface area contributed by atoms with E-state index < -0.39 is 0 Å². The van der Waals surface area contributed by atoms with Gasteiger partial charge in [-0.1, -0.05) is 36.4 Å². The van der Waals surface area contributed by atoms with Crippen molar-refractivity contribution in [3.63, 3.8) is 0 Å². The maximum atomic E-state index is 3.60. The molecule has 0 aromatic heterocycles. The van der Waals surface area contributed by atoms with Crippen molar-refractivity contribution in [2.75, 3.05) is 24.5 Å². The summed E-state index contributed by atoms with van der Waals surface area (Å²) in [5, 5.41) is 6.31. The maximum Gasteiger partial charge on any atom is 0.0445 e. The van der Waals surface area contributed by atoms with Crippen LogP contribution in [-0.4, -0.2) is 25.7 Å². The van der Waals surface area contributed by atoms with E-state index in [4.69, 9.17) is 0 Å². The van der Waals surface area contributed by atoms with Gasteiger partial charge in [0.1, 0.15) is 0 Å². The van der Waals surface area contributed by atoms with Crippen LogP contribution >= 0.6 is 0 Å². The Morgan fingerprint density at radius 2 is 2.00 bits per heavy atom. The van der Waals surface area contributed by atoms with Crippen LogP contribution in [0.5, 0.6) is 0 Å². The number of fused-ring (bicyclic) bond motifs is 1. The van der Waals surface area contributed by atoms with Crippen molar-refractivity contribution in [3.05, 3.63) is 42.5 Å². The fraction of sp³-hybridized carbons (Fsp3) is 0.444. The van der Waals surface area contributed by atoms with Gasteiger partial charge in [0.15, 0.2) is 0 Å². The lowest BCUT2D eigenvalue weighted by Gasteiger charge is -2.26. The molecule has 2 aromatic rings. The SMILES string of the molecule is CCN(CCC1CCCN1)c1cccc2ccccc12. The number of rotatable bonds is 5. The standard InChI is InChI=1S/C18H24N2/c1-2-20(14-12-16-9-6-13-19-16)18-11-5-8-15-7-3-4-10-17(15)18/h3-5,7-8,10-11,16,19H,2,6,9,12-14H2,1H3. The smallest absolute Gasteiger partial charge is 0.0445 e. The van der Waals surface area contributed by atoms with Crippen LogP contribution < -0.4 is 10.2 Å². The second kappa shape index (κ2) is 6.27. The molecule has 20 heavy (non-hydrogen) atoms. The second-order valence-electron chi connectivity index (χ2n) is 5.66. The van der Waals surface area contributed by atoms with Gasteiger partial charge in [-0.3, -0.25) is 0 Å². The molecule has 0 spiro atoms. The van der Waals surface area contributed by atoms with E-state index in [0.29, 0.717) is 0 Å². The van der Waals surface area contributed by atoms with Crippen LogP contribution in [0.25, 0.3) is 10.8 Å². The van der Waals surface area contributed by atoms with Gasteiger partial charge in [0.25, 0.3) is 0 Å². The van der Waals surface area contributed by atoms with E-state index in [2.05, 4.69) is 59.6 Å². The first-order valence-electron chi connectivity index (χ1n) is 7.84. The average molecular weight is 268 g/mol. The minimum Gasteiger partial charge on any atom is -0.371 e. The molecule has 0 amide bonds. The number of nitrogens with zero attached hydrogens (tertiary/aromatic N) is 1. The van der Waals surface area contributed by atoms with E-state index in [9.17, 15) is 0 Å². The third-order valence-corrected chi connectivity index (χ3v) is 4.40. The lowest BCUT2D eigenvalue weighted by molar-refractivity contribution is 0.553. The Morgan fingerprint density at radius 1 is 1.15 bits per heavy atom. The minimum atomic E-state index is 0.721. The van der Waals surface area contributed by atoms with Crippen molar-refractivity contribution in [1.82, 2.24) is 5.32 Å². The quantitative estimate of drug-likeness (QED) is 0.887. The van der Waals surface area contributed by atoms with Crippen molar-refractivity contribution in [1.29, 1.82) is 0 Å². The lowest BCUT2D eigenvalue weighted by Crippen LogP contribution is -2.30. The van der Waals surface area contributed by atoms with Gasteiger partial charge in [-0.15, -0.1) is 0 Å². The van der Waals surface area contributed by atoms with Crippen molar-refractivity contribution < 1.29 is 0 Å². The predicted octanol–water partition coefficient (Wildman–Crippen LogP) is 3.81.